The van der Waals surface area contributed by atoms with Crippen molar-refractivity contribution in [1.82, 2.24) is 5.32 Å². The molecule has 0 spiro atoms. The Kier molecular flexibility index (Phi) is 9.98. The molecule has 2 heterocycles. The largest absolute Gasteiger partial charge is 0.350 e. The summed E-state index contributed by atoms with van der Waals surface area (Å²) in [5, 5.41) is 5.73. The van der Waals surface area contributed by atoms with Crippen LogP contribution < -0.4 is 10.6 Å². The first-order chi connectivity index (χ1) is 15.9. The summed E-state index contributed by atoms with van der Waals surface area (Å²) in [6, 6.07) is 7.40. The molecule has 2 aliphatic heterocycles. The van der Waals surface area contributed by atoms with E-state index in [4.69, 9.17) is 18.9 Å². The Morgan fingerprint density at radius 2 is 1.61 bits per heavy atom. The first kappa shape index (κ1) is 25.9. The van der Waals surface area contributed by atoms with E-state index >= 15 is 0 Å². The summed E-state index contributed by atoms with van der Waals surface area (Å²) in [6.07, 6.45) is 8.65. The van der Waals surface area contributed by atoms with Crippen molar-refractivity contribution in [3.8, 4) is 0 Å². The number of urea groups is 1. The number of hydrogen-bond acceptors (Lipinski definition) is 5. The number of rotatable bonds is 13. The van der Waals surface area contributed by atoms with Gasteiger partial charge in [-0.25, -0.2) is 4.79 Å². The zero-order chi connectivity index (χ0) is 23.7. The molecule has 7 nitrogen and oxygen atoms in total. The van der Waals surface area contributed by atoms with Crippen LogP contribution in [0.15, 0.2) is 24.3 Å². The lowest BCUT2D eigenvalue weighted by atomic mass is 10.1. The van der Waals surface area contributed by atoms with Crippen LogP contribution in [0.4, 0.5) is 10.5 Å². The predicted octanol–water partition coefficient (Wildman–Crippen LogP) is 5.52. The van der Waals surface area contributed by atoms with Gasteiger partial charge in [0.05, 0.1) is 0 Å². The minimum Gasteiger partial charge on any atom is -0.350 e. The van der Waals surface area contributed by atoms with Gasteiger partial charge in [0.15, 0.2) is 12.1 Å². The fourth-order valence-corrected chi connectivity index (χ4v) is 4.38. The van der Waals surface area contributed by atoms with Crippen LogP contribution in [0.3, 0.4) is 0 Å². The molecule has 33 heavy (non-hydrogen) atoms. The second-order valence-electron chi connectivity index (χ2n) is 9.65. The highest BCUT2D eigenvalue weighted by molar-refractivity contribution is 5.89. The second kappa shape index (κ2) is 12.7. The number of aryl methyl sites for hydroxylation is 1. The number of unbranched alkanes of at least 4 members (excludes halogenated alkanes) is 7. The van der Waals surface area contributed by atoms with Crippen molar-refractivity contribution in [3.63, 3.8) is 0 Å². The van der Waals surface area contributed by atoms with Gasteiger partial charge < -0.3 is 29.6 Å². The Morgan fingerprint density at radius 1 is 0.970 bits per heavy atom. The standard InChI is InChI=1S/C26H42N2O5/c1-5-6-7-8-9-10-11-12-17-30-24-23-22(32-26(3,4)33-23)21(31-24)18-27-25(29)28-20-15-13-19(2)14-16-20/h13-16,21-24H,5-12,17-18H2,1-4H3,(H2,27,28,29)/t21-,22-,23-,24-/m0/s1. The molecule has 3 rings (SSSR count). The molecule has 0 unspecified atom stereocenters. The third-order valence-corrected chi connectivity index (χ3v) is 6.16. The maximum atomic E-state index is 12.3. The number of nitrogens with one attached hydrogen (secondary N) is 2. The summed E-state index contributed by atoms with van der Waals surface area (Å²) in [6.45, 7) is 9.01. The van der Waals surface area contributed by atoms with Gasteiger partial charge in [0.1, 0.15) is 18.3 Å². The lowest BCUT2D eigenvalue weighted by molar-refractivity contribution is -0.232. The smallest absolute Gasteiger partial charge is 0.319 e. The Hall–Kier alpha value is -1.67. The third-order valence-electron chi connectivity index (χ3n) is 6.16. The van der Waals surface area contributed by atoms with Crippen molar-refractivity contribution in [2.24, 2.45) is 0 Å². The quantitative estimate of drug-likeness (QED) is 0.378. The van der Waals surface area contributed by atoms with Crippen LogP contribution in [-0.2, 0) is 18.9 Å². The van der Waals surface area contributed by atoms with Crippen molar-refractivity contribution in [2.75, 3.05) is 18.5 Å². The molecule has 0 saturated carbocycles. The summed E-state index contributed by atoms with van der Waals surface area (Å²) in [5.41, 5.74) is 1.89. The zero-order valence-corrected chi connectivity index (χ0v) is 20.7. The molecule has 186 valence electrons. The summed E-state index contributed by atoms with van der Waals surface area (Å²) in [5.74, 6) is -0.693. The number of carbonyl (C=O) groups excluding carboxylic acids is 1. The number of amides is 2. The molecule has 1 aromatic rings. The summed E-state index contributed by atoms with van der Waals surface area (Å²) >= 11 is 0. The van der Waals surface area contributed by atoms with Crippen molar-refractivity contribution < 1.29 is 23.7 Å². The highest BCUT2D eigenvalue weighted by Gasteiger charge is 2.55. The monoisotopic (exact) mass is 462 g/mol. The summed E-state index contributed by atoms with van der Waals surface area (Å²) in [7, 11) is 0. The average molecular weight is 463 g/mol. The minimum absolute atomic E-state index is 0.275. The van der Waals surface area contributed by atoms with E-state index in [1.54, 1.807) is 0 Å². The van der Waals surface area contributed by atoms with Crippen LogP contribution in [0.1, 0.15) is 77.7 Å². The van der Waals surface area contributed by atoms with E-state index in [2.05, 4.69) is 17.6 Å². The molecule has 0 bridgehead atoms. The molecule has 1 aromatic carbocycles. The van der Waals surface area contributed by atoms with Gasteiger partial charge in [-0.05, 0) is 39.3 Å². The Labute approximate surface area is 198 Å². The average Bonchev–Trinajstić information content (AvgIpc) is 3.26. The molecule has 2 aliphatic rings. The van der Waals surface area contributed by atoms with E-state index in [0.29, 0.717) is 13.2 Å². The van der Waals surface area contributed by atoms with Crippen molar-refractivity contribution in [1.29, 1.82) is 0 Å². The van der Waals surface area contributed by atoms with E-state index in [1.807, 2.05) is 45.0 Å². The zero-order valence-electron chi connectivity index (χ0n) is 20.7. The molecule has 0 radical (unpaired) electrons. The van der Waals surface area contributed by atoms with Gasteiger partial charge in [-0.15, -0.1) is 0 Å². The summed E-state index contributed by atoms with van der Waals surface area (Å²) in [4.78, 5) is 12.3. The van der Waals surface area contributed by atoms with E-state index in [1.165, 1.54) is 44.9 Å². The first-order valence-electron chi connectivity index (χ1n) is 12.6. The van der Waals surface area contributed by atoms with Gasteiger partial charge >= 0.3 is 6.03 Å². The number of fused-ring (bicyclic) bond motifs is 1. The summed E-state index contributed by atoms with van der Waals surface area (Å²) < 4.78 is 24.3. The normalized spacial score (nSPS) is 25.7. The molecule has 2 fully saturated rings. The van der Waals surface area contributed by atoms with Gasteiger partial charge in [-0.1, -0.05) is 69.6 Å². The molecule has 0 aliphatic carbocycles. The van der Waals surface area contributed by atoms with Crippen LogP contribution in [0.5, 0.6) is 0 Å². The number of carbonyl (C=O) groups is 1. The van der Waals surface area contributed by atoms with Gasteiger partial charge in [-0.2, -0.15) is 0 Å². The number of hydrogen-bond donors (Lipinski definition) is 2. The van der Waals surface area contributed by atoms with Crippen LogP contribution in [0.2, 0.25) is 0 Å². The first-order valence-corrected chi connectivity index (χ1v) is 12.6. The molecule has 7 heteroatoms. The Bertz CT molecular complexity index is 724. The van der Waals surface area contributed by atoms with Gasteiger partial charge in [0.25, 0.3) is 0 Å². The maximum Gasteiger partial charge on any atom is 0.319 e. The fraction of sp³-hybridized carbons (Fsp3) is 0.731. The van der Waals surface area contributed by atoms with Crippen molar-refractivity contribution >= 4 is 11.7 Å². The van der Waals surface area contributed by atoms with E-state index < -0.39 is 12.1 Å². The molecule has 2 N–H and O–H groups in total. The Morgan fingerprint density at radius 3 is 2.30 bits per heavy atom. The van der Waals surface area contributed by atoms with Crippen LogP contribution in [0.25, 0.3) is 0 Å². The highest BCUT2D eigenvalue weighted by Crippen LogP contribution is 2.39. The fourth-order valence-electron chi connectivity index (χ4n) is 4.38. The lowest BCUT2D eigenvalue weighted by Crippen LogP contribution is -2.41. The number of benzene rings is 1. The molecular weight excluding hydrogens is 420 g/mol. The van der Waals surface area contributed by atoms with Crippen molar-refractivity contribution in [2.45, 2.75) is 109 Å². The topological polar surface area (TPSA) is 78.1 Å². The van der Waals surface area contributed by atoms with Crippen LogP contribution in [0, 0.1) is 6.92 Å². The van der Waals surface area contributed by atoms with Crippen LogP contribution in [-0.4, -0.2) is 49.6 Å². The molecule has 0 aromatic heterocycles. The van der Waals surface area contributed by atoms with Gasteiger partial charge in [0, 0.05) is 18.8 Å². The molecule has 2 amide bonds. The lowest BCUT2D eigenvalue weighted by Gasteiger charge is -2.24. The van der Waals surface area contributed by atoms with Crippen LogP contribution >= 0.6 is 0 Å². The number of anilines is 1. The Balaban J connectivity index is 1.40. The van der Waals surface area contributed by atoms with Gasteiger partial charge in [-0.3, -0.25) is 0 Å². The van der Waals surface area contributed by atoms with E-state index in [0.717, 1.165) is 17.7 Å². The minimum atomic E-state index is -0.693. The molecular formula is C26H42N2O5. The highest BCUT2D eigenvalue weighted by atomic mass is 16.8. The number of ether oxygens (including phenoxy) is 4. The van der Waals surface area contributed by atoms with Gasteiger partial charge in [0.2, 0.25) is 0 Å². The van der Waals surface area contributed by atoms with E-state index in [-0.39, 0.29) is 24.3 Å². The molecule has 2 saturated heterocycles. The molecule has 4 atom stereocenters. The SMILES string of the molecule is CCCCCCCCCCO[C@H]1O[C@@H](CNC(=O)Nc2ccc(C)cc2)[C@@H]2OC(C)(C)O[C@H]12. The van der Waals surface area contributed by atoms with E-state index in [9.17, 15) is 4.79 Å². The maximum absolute atomic E-state index is 12.3. The second-order valence-corrected chi connectivity index (χ2v) is 9.65. The van der Waals surface area contributed by atoms with Crippen molar-refractivity contribution in [3.05, 3.63) is 29.8 Å². The predicted molar refractivity (Wildman–Crippen MR) is 129 cm³/mol. The third kappa shape index (κ3) is 8.25.